The molecule has 0 unspecified atom stereocenters. The quantitative estimate of drug-likeness (QED) is 0.290. The van der Waals surface area contributed by atoms with E-state index >= 15 is 0 Å². The highest BCUT2D eigenvalue weighted by Crippen LogP contribution is 2.27. The van der Waals surface area contributed by atoms with E-state index in [1.54, 1.807) is 61.5 Å². The van der Waals surface area contributed by atoms with Gasteiger partial charge in [0.2, 0.25) is 11.6 Å². The fraction of sp³-hybridized carbons (Fsp3) is 0.100. The van der Waals surface area contributed by atoms with Crippen molar-refractivity contribution in [3.63, 3.8) is 0 Å². The van der Waals surface area contributed by atoms with E-state index in [1.165, 1.54) is 0 Å². The number of anilines is 2. The maximum Gasteiger partial charge on any atom is 0.356 e. The van der Waals surface area contributed by atoms with Gasteiger partial charge in [-0.05, 0) is 30.7 Å². The molecular weight excluding hydrogens is 418 g/mol. The number of nitrogens with zero attached hydrogens (tertiary/aromatic N) is 3. The van der Waals surface area contributed by atoms with Gasteiger partial charge in [0.15, 0.2) is 6.61 Å². The smallest absolute Gasteiger partial charge is 0.356 e. The first-order valence-electron chi connectivity index (χ1n) is 9.30. The lowest BCUT2D eigenvalue weighted by molar-refractivity contribution is -0.383. The van der Waals surface area contributed by atoms with Crippen LogP contribution in [-0.4, -0.2) is 33.3 Å². The average Bonchev–Trinajstić information content (AvgIpc) is 2.80. The fourth-order valence-corrected chi connectivity index (χ4v) is 2.58. The normalized spacial score (nSPS) is 10.0. The standard InChI is InChI=1S/C20H19N7O5/c1-13-7-5-6-10-15(13)20(29)26-25-19-17(27(30)31)18(21-12-22-19)24-23-16(28)11-32-14-8-3-2-4-9-14/h2-10,12H,11H2,1H3,(H,23,28)(H,26,29)(H2,21,22,24,25). The third kappa shape index (κ3) is 5.66. The summed E-state index contributed by atoms with van der Waals surface area (Å²) in [6.45, 7) is 1.43. The number of rotatable bonds is 9. The lowest BCUT2D eigenvalue weighted by Crippen LogP contribution is -2.34. The van der Waals surface area contributed by atoms with Gasteiger partial charge in [0, 0.05) is 5.56 Å². The second-order valence-corrected chi connectivity index (χ2v) is 6.35. The van der Waals surface area contributed by atoms with Crippen LogP contribution in [0, 0.1) is 17.0 Å². The molecule has 0 atom stereocenters. The van der Waals surface area contributed by atoms with Crippen LogP contribution in [0.15, 0.2) is 60.9 Å². The van der Waals surface area contributed by atoms with Gasteiger partial charge in [0.1, 0.15) is 12.1 Å². The van der Waals surface area contributed by atoms with Crippen LogP contribution in [0.2, 0.25) is 0 Å². The summed E-state index contributed by atoms with van der Waals surface area (Å²) in [6, 6.07) is 15.5. The molecule has 0 aliphatic carbocycles. The molecule has 3 rings (SSSR count). The molecule has 2 amide bonds. The van der Waals surface area contributed by atoms with Gasteiger partial charge in [0.05, 0.1) is 4.92 Å². The van der Waals surface area contributed by atoms with Gasteiger partial charge < -0.3 is 4.74 Å². The molecule has 0 aliphatic rings. The summed E-state index contributed by atoms with van der Waals surface area (Å²) >= 11 is 0. The number of amides is 2. The molecule has 0 saturated heterocycles. The lowest BCUT2D eigenvalue weighted by Gasteiger charge is -2.12. The number of hydrogen-bond donors (Lipinski definition) is 4. The van der Waals surface area contributed by atoms with Crippen LogP contribution in [0.4, 0.5) is 17.3 Å². The van der Waals surface area contributed by atoms with Crippen LogP contribution < -0.4 is 26.4 Å². The van der Waals surface area contributed by atoms with E-state index in [9.17, 15) is 19.7 Å². The Bertz CT molecular complexity index is 1120. The Balaban J connectivity index is 1.64. The molecule has 0 fully saturated rings. The Kier molecular flexibility index (Phi) is 7.09. The molecule has 0 radical (unpaired) electrons. The number of hydrazine groups is 2. The minimum Gasteiger partial charge on any atom is -0.484 e. The molecular formula is C20H19N7O5. The molecule has 12 nitrogen and oxygen atoms in total. The van der Waals surface area contributed by atoms with E-state index in [4.69, 9.17) is 4.74 Å². The number of para-hydroxylation sites is 1. The molecule has 0 saturated carbocycles. The highest BCUT2D eigenvalue weighted by atomic mass is 16.6. The molecule has 12 heteroatoms. The number of carbonyl (C=O) groups excluding carboxylic acids is 2. The zero-order chi connectivity index (χ0) is 22.9. The van der Waals surface area contributed by atoms with Crippen molar-refractivity contribution >= 4 is 29.1 Å². The summed E-state index contributed by atoms with van der Waals surface area (Å²) in [5.74, 6) is -1.16. The largest absolute Gasteiger partial charge is 0.484 e. The molecule has 164 valence electrons. The van der Waals surface area contributed by atoms with E-state index in [1.807, 2.05) is 0 Å². The van der Waals surface area contributed by atoms with Gasteiger partial charge >= 0.3 is 5.69 Å². The van der Waals surface area contributed by atoms with E-state index in [0.717, 1.165) is 11.9 Å². The highest BCUT2D eigenvalue weighted by Gasteiger charge is 2.24. The number of hydrogen-bond acceptors (Lipinski definition) is 9. The summed E-state index contributed by atoms with van der Waals surface area (Å²) in [6.07, 6.45) is 1.03. The second-order valence-electron chi connectivity index (χ2n) is 6.35. The maximum atomic E-state index is 12.3. The Hall–Kier alpha value is -4.74. The van der Waals surface area contributed by atoms with Crippen molar-refractivity contribution in [2.24, 2.45) is 0 Å². The SMILES string of the molecule is Cc1ccccc1C(=O)NNc1ncnc(NNC(=O)COc2ccccc2)c1[N+](=O)[O-]. The number of aryl methyl sites for hydroxylation is 1. The molecule has 0 spiro atoms. The predicted octanol–water partition coefficient (Wildman–Crippen LogP) is 1.97. The van der Waals surface area contributed by atoms with Crippen molar-refractivity contribution < 1.29 is 19.2 Å². The van der Waals surface area contributed by atoms with Crippen molar-refractivity contribution in [2.75, 3.05) is 17.5 Å². The number of nitro groups is 1. The Morgan fingerprint density at radius 2 is 1.59 bits per heavy atom. The minimum absolute atomic E-state index is 0.274. The molecule has 0 bridgehead atoms. The molecule has 3 aromatic rings. The zero-order valence-electron chi connectivity index (χ0n) is 16.9. The molecule has 1 heterocycles. The molecule has 0 aliphatic heterocycles. The predicted molar refractivity (Wildman–Crippen MR) is 115 cm³/mol. The van der Waals surface area contributed by atoms with Crippen molar-refractivity contribution in [1.29, 1.82) is 0 Å². The third-order valence-corrected chi connectivity index (χ3v) is 4.12. The number of nitrogens with one attached hydrogen (secondary N) is 4. The van der Waals surface area contributed by atoms with Crippen LogP contribution in [-0.2, 0) is 4.79 Å². The highest BCUT2D eigenvalue weighted by molar-refractivity contribution is 5.96. The average molecular weight is 437 g/mol. The first-order chi connectivity index (χ1) is 15.5. The third-order valence-electron chi connectivity index (χ3n) is 4.12. The Morgan fingerprint density at radius 3 is 2.25 bits per heavy atom. The zero-order valence-corrected chi connectivity index (χ0v) is 16.9. The van der Waals surface area contributed by atoms with Gasteiger partial charge in [-0.3, -0.25) is 41.4 Å². The molecule has 4 N–H and O–H groups in total. The first kappa shape index (κ1) is 22.0. The van der Waals surface area contributed by atoms with Gasteiger partial charge in [-0.2, -0.15) is 0 Å². The molecule has 32 heavy (non-hydrogen) atoms. The second kappa shape index (κ2) is 10.3. The first-order valence-corrected chi connectivity index (χ1v) is 9.30. The van der Waals surface area contributed by atoms with Gasteiger partial charge in [-0.1, -0.05) is 36.4 Å². The van der Waals surface area contributed by atoms with E-state index in [2.05, 4.69) is 31.7 Å². The number of benzene rings is 2. The maximum absolute atomic E-state index is 12.3. The summed E-state index contributed by atoms with van der Waals surface area (Å²) in [5, 5.41) is 11.6. The summed E-state index contributed by atoms with van der Waals surface area (Å²) in [5.41, 5.74) is 9.97. The van der Waals surface area contributed by atoms with E-state index < -0.39 is 22.4 Å². The number of aromatic nitrogens is 2. The van der Waals surface area contributed by atoms with Crippen molar-refractivity contribution in [3.8, 4) is 5.75 Å². The Labute approximate surface area is 182 Å². The summed E-state index contributed by atoms with van der Waals surface area (Å²) < 4.78 is 5.30. The van der Waals surface area contributed by atoms with Crippen molar-refractivity contribution in [1.82, 2.24) is 20.8 Å². The number of ether oxygens (including phenoxy) is 1. The van der Waals surface area contributed by atoms with Crippen LogP contribution in [0.3, 0.4) is 0 Å². The Morgan fingerprint density at radius 1 is 0.969 bits per heavy atom. The van der Waals surface area contributed by atoms with E-state index in [-0.39, 0.29) is 18.2 Å². The van der Waals surface area contributed by atoms with Gasteiger partial charge in [-0.25, -0.2) is 9.97 Å². The van der Waals surface area contributed by atoms with Crippen LogP contribution >= 0.6 is 0 Å². The van der Waals surface area contributed by atoms with Crippen LogP contribution in [0.1, 0.15) is 15.9 Å². The minimum atomic E-state index is -0.753. The molecule has 2 aromatic carbocycles. The van der Waals surface area contributed by atoms with Gasteiger partial charge in [-0.15, -0.1) is 0 Å². The summed E-state index contributed by atoms with van der Waals surface area (Å²) in [7, 11) is 0. The summed E-state index contributed by atoms with van der Waals surface area (Å²) in [4.78, 5) is 42.7. The van der Waals surface area contributed by atoms with Crippen molar-refractivity contribution in [2.45, 2.75) is 6.92 Å². The number of carbonyl (C=O) groups is 2. The lowest BCUT2D eigenvalue weighted by atomic mass is 10.1. The molecule has 1 aromatic heterocycles. The fourth-order valence-electron chi connectivity index (χ4n) is 2.58. The van der Waals surface area contributed by atoms with Gasteiger partial charge in [0.25, 0.3) is 11.8 Å². The van der Waals surface area contributed by atoms with Crippen molar-refractivity contribution in [3.05, 3.63) is 82.2 Å². The monoisotopic (exact) mass is 437 g/mol. The topological polar surface area (TPSA) is 160 Å². The van der Waals surface area contributed by atoms with Crippen LogP contribution in [0.25, 0.3) is 0 Å². The van der Waals surface area contributed by atoms with Crippen LogP contribution in [0.5, 0.6) is 5.75 Å². The van der Waals surface area contributed by atoms with E-state index in [0.29, 0.717) is 11.3 Å².